The third-order valence-electron chi connectivity index (χ3n) is 4.38. The van der Waals surface area contributed by atoms with Crippen molar-refractivity contribution in [3.63, 3.8) is 0 Å². The number of carbonyl (C=O) groups is 2. The Kier molecular flexibility index (Phi) is 1.88. The van der Waals surface area contributed by atoms with Crippen LogP contribution in [0.25, 0.3) is 0 Å². The summed E-state index contributed by atoms with van der Waals surface area (Å²) < 4.78 is 0. The first-order valence-electron chi connectivity index (χ1n) is 5.83. The first-order chi connectivity index (χ1) is 7.68. The van der Waals surface area contributed by atoms with Gasteiger partial charge in [-0.25, -0.2) is 0 Å². The maximum absolute atomic E-state index is 11.8. The predicted molar refractivity (Wildman–Crippen MR) is 59.2 cm³/mol. The molecule has 0 aromatic heterocycles. The van der Waals surface area contributed by atoms with Gasteiger partial charge in [-0.05, 0) is 25.2 Å². The smallest absolute Gasteiger partial charge is 0.231 e. The number of imide groups is 1. The molecule has 16 heavy (non-hydrogen) atoms. The molecule has 1 N–H and O–H groups in total. The van der Waals surface area contributed by atoms with Gasteiger partial charge in [-0.3, -0.25) is 14.9 Å². The molecule has 0 aromatic carbocycles. The quantitative estimate of drug-likeness (QED) is 0.574. The van der Waals surface area contributed by atoms with Crippen LogP contribution in [0, 0.1) is 23.2 Å². The fourth-order valence-electron chi connectivity index (χ4n) is 3.74. The van der Waals surface area contributed by atoms with Gasteiger partial charge in [0.15, 0.2) is 0 Å². The molecule has 2 amide bonds. The van der Waals surface area contributed by atoms with E-state index in [-0.39, 0.29) is 35.0 Å². The molecule has 2 aliphatic carbocycles. The Morgan fingerprint density at radius 1 is 1.50 bits per heavy atom. The van der Waals surface area contributed by atoms with E-state index in [0.29, 0.717) is 0 Å². The SMILES string of the molecule is C=CCCC12C=CC(C1)C1C(=O)NC(=O)C12. The van der Waals surface area contributed by atoms with Gasteiger partial charge < -0.3 is 0 Å². The Labute approximate surface area is 94.6 Å². The van der Waals surface area contributed by atoms with Gasteiger partial charge in [0.25, 0.3) is 0 Å². The number of hydrogen-bond acceptors (Lipinski definition) is 2. The summed E-state index contributed by atoms with van der Waals surface area (Å²) in [5.74, 6) is -0.0609. The molecule has 0 spiro atoms. The van der Waals surface area contributed by atoms with E-state index in [9.17, 15) is 9.59 Å². The predicted octanol–water partition coefficient (Wildman–Crippen LogP) is 1.42. The Bertz CT molecular complexity index is 412. The molecule has 4 atom stereocenters. The van der Waals surface area contributed by atoms with Gasteiger partial charge in [-0.1, -0.05) is 18.2 Å². The average molecular weight is 217 g/mol. The van der Waals surface area contributed by atoms with E-state index in [1.165, 1.54) is 0 Å². The van der Waals surface area contributed by atoms with Crippen LogP contribution in [0.4, 0.5) is 0 Å². The number of amides is 2. The number of fused-ring (bicyclic) bond motifs is 5. The molecule has 3 nitrogen and oxygen atoms in total. The zero-order valence-corrected chi connectivity index (χ0v) is 9.11. The van der Waals surface area contributed by atoms with Crippen molar-refractivity contribution in [2.75, 3.05) is 0 Å². The van der Waals surface area contributed by atoms with Crippen molar-refractivity contribution < 1.29 is 9.59 Å². The summed E-state index contributed by atoms with van der Waals surface area (Å²) in [5.41, 5.74) is -0.0697. The van der Waals surface area contributed by atoms with Gasteiger partial charge in [0.2, 0.25) is 11.8 Å². The fraction of sp³-hybridized carbons (Fsp3) is 0.538. The maximum atomic E-state index is 11.8. The minimum atomic E-state index is -0.116. The van der Waals surface area contributed by atoms with Gasteiger partial charge in [0, 0.05) is 5.41 Å². The van der Waals surface area contributed by atoms with Crippen molar-refractivity contribution in [2.24, 2.45) is 23.2 Å². The molecule has 3 aliphatic rings. The molecule has 1 saturated carbocycles. The van der Waals surface area contributed by atoms with Crippen molar-refractivity contribution in [1.82, 2.24) is 5.32 Å². The molecular weight excluding hydrogens is 202 g/mol. The minimum absolute atomic E-state index is 0.0640. The van der Waals surface area contributed by atoms with Crippen LogP contribution in [-0.2, 0) is 9.59 Å². The van der Waals surface area contributed by atoms with E-state index in [0.717, 1.165) is 19.3 Å². The van der Waals surface area contributed by atoms with Gasteiger partial charge in [0.05, 0.1) is 11.8 Å². The Hall–Kier alpha value is -1.38. The van der Waals surface area contributed by atoms with Crippen LogP contribution in [0.1, 0.15) is 19.3 Å². The van der Waals surface area contributed by atoms with Gasteiger partial charge in [0.1, 0.15) is 0 Å². The molecule has 3 rings (SSSR count). The largest absolute Gasteiger partial charge is 0.296 e. The summed E-state index contributed by atoms with van der Waals surface area (Å²) in [7, 11) is 0. The van der Waals surface area contributed by atoms with E-state index in [1.807, 2.05) is 6.08 Å². The van der Waals surface area contributed by atoms with Gasteiger partial charge >= 0.3 is 0 Å². The molecular formula is C13H15NO2. The third-order valence-corrected chi connectivity index (χ3v) is 4.38. The standard InChI is InChI=1S/C13H15NO2/c1-2-3-5-13-6-4-8(7-13)9-10(13)12(16)14-11(9)15/h2,4,6,8-10H,1,3,5,7H2,(H,14,15,16). The zero-order chi connectivity index (χ0) is 11.3. The van der Waals surface area contributed by atoms with Crippen molar-refractivity contribution in [3.8, 4) is 0 Å². The Morgan fingerprint density at radius 3 is 3.06 bits per heavy atom. The number of allylic oxidation sites excluding steroid dienone is 3. The summed E-state index contributed by atoms with van der Waals surface area (Å²) in [4.78, 5) is 23.5. The summed E-state index contributed by atoms with van der Waals surface area (Å²) in [6.07, 6.45) is 8.99. The second-order valence-corrected chi connectivity index (χ2v) is 5.14. The van der Waals surface area contributed by atoms with E-state index in [2.05, 4.69) is 24.0 Å². The van der Waals surface area contributed by atoms with E-state index in [1.54, 1.807) is 0 Å². The highest BCUT2D eigenvalue weighted by Crippen LogP contribution is 2.60. The van der Waals surface area contributed by atoms with Crippen molar-refractivity contribution >= 4 is 11.8 Å². The van der Waals surface area contributed by atoms with E-state index < -0.39 is 0 Å². The lowest BCUT2D eigenvalue weighted by atomic mass is 9.72. The van der Waals surface area contributed by atoms with Crippen molar-refractivity contribution in [2.45, 2.75) is 19.3 Å². The monoisotopic (exact) mass is 217 g/mol. The second kappa shape index (κ2) is 3.06. The third kappa shape index (κ3) is 1.03. The van der Waals surface area contributed by atoms with Crippen LogP contribution in [0.15, 0.2) is 24.8 Å². The molecule has 0 aromatic rings. The average Bonchev–Trinajstić information content (AvgIpc) is 2.88. The summed E-state index contributed by atoms with van der Waals surface area (Å²) in [6.45, 7) is 3.73. The van der Waals surface area contributed by atoms with Gasteiger partial charge in [-0.15, -0.1) is 6.58 Å². The Balaban J connectivity index is 1.96. The molecule has 2 bridgehead atoms. The van der Waals surface area contributed by atoms with E-state index >= 15 is 0 Å². The number of carbonyl (C=O) groups excluding carboxylic acids is 2. The molecule has 1 heterocycles. The first-order valence-corrected chi connectivity index (χ1v) is 5.83. The summed E-state index contributed by atoms with van der Waals surface area (Å²) >= 11 is 0. The lowest BCUT2D eigenvalue weighted by molar-refractivity contribution is -0.127. The lowest BCUT2D eigenvalue weighted by Crippen LogP contribution is -2.32. The van der Waals surface area contributed by atoms with Crippen molar-refractivity contribution in [3.05, 3.63) is 24.8 Å². The van der Waals surface area contributed by atoms with Gasteiger partial charge in [-0.2, -0.15) is 0 Å². The summed E-state index contributed by atoms with van der Waals surface area (Å²) in [5, 5.41) is 2.48. The molecule has 1 aliphatic heterocycles. The zero-order valence-electron chi connectivity index (χ0n) is 9.11. The van der Waals surface area contributed by atoms with E-state index in [4.69, 9.17) is 0 Å². The normalized spacial score (nSPS) is 43.6. The number of hydrogen-bond donors (Lipinski definition) is 1. The molecule has 0 radical (unpaired) electrons. The molecule has 1 saturated heterocycles. The van der Waals surface area contributed by atoms with Crippen LogP contribution >= 0.6 is 0 Å². The minimum Gasteiger partial charge on any atom is -0.296 e. The molecule has 2 fully saturated rings. The summed E-state index contributed by atoms with van der Waals surface area (Å²) in [6, 6.07) is 0. The molecule has 3 heteroatoms. The Morgan fingerprint density at radius 2 is 2.31 bits per heavy atom. The second-order valence-electron chi connectivity index (χ2n) is 5.14. The van der Waals surface area contributed by atoms with Crippen molar-refractivity contribution in [1.29, 1.82) is 0 Å². The maximum Gasteiger partial charge on any atom is 0.231 e. The fourth-order valence-corrected chi connectivity index (χ4v) is 3.74. The lowest BCUT2D eigenvalue weighted by Gasteiger charge is -2.29. The topological polar surface area (TPSA) is 46.2 Å². The van der Waals surface area contributed by atoms with Crippen LogP contribution in [0.5, 0.6) is 0 Å². The van der Waals surface area contributed by atoms with Crippen LogP contribution in [0.2, 0.25) is 0 Å². The van der Waals surface area contributed by atoms with Crippen LogP contribution in [0.3, 0.4) is 0 Å². The first kappa shape index (κ1) is 9.82. The highest BCUT2D eigenvalue weighted by atomic mass is 16.2. The molecule has 4 unspecified atom stereocenters. The van der Waals surface area contributed by atoms with Crippen LogP contribution < -0.4 is 5.32 Å². The molecule has 84 valence electrons. The highest BCUT2D eigenvalue weighted by Gasteiger charge is 2.62. The highest BCUT2D eigenvalue weighted by molar-refractivity contribution is 6.06. The van der Waals surface area contributed by atoms with Crippen LogP contribution in [-0.4, -0.2) is 11.8 Å². The number of rotatable bonds is 3. The number of nitrogens with one attached hydrogen (secondary N) is 1.